The first-order valence-electron chi connectivity index (χ1n) is 7.00. The van der Waals surface area contributed by atoms with E-state index in [2.05, 4.69) is 5.32 Å². The van der Waals surface area contributed by atoms with Gasteiger partial charge in [-0.25, -0.2) is 13.2 Å². The van der Waals surface area contributed by atoms with Crippen molar-refractivity contribution in [2.24, 2.45) is 5.92 Å². The number of hydrogen-bond donors (Lipinski definition) is 1. The SMILES string of the molecule is O=C(N[C@H]1CCC[C@H](C(F)(F)F)C1)N1CCS(=O)(=O)CC1. The number of carbonyl (C=O) groups excluding carboxylic acids is 1. The molecule has 1 saturated heterocycles. The summed E-state index contributed by atoms with van der Waals surface area (Å²) in [4.78, 5) is 13.3. The van der Waals surface area contributed by atoms with Crippen molar-refractivity contribution in [3.8, 4) is 0 Å². The fourth-order valence-electron chi connectivity index (χ4n) is 2.80. The molecule has 2 rings (SSSR count). The maximum atomic E-state index is 12.7. The van der Waals surface area contributed by atoms with E-state index >= 15 is 0 Å². The average molecular weight is 328 g/mol. The molecule has 122 valence electrons. The van der Waals surface area contributed by atoms with Crippen LogP contribution in [0, 0.1) is 5.92 Å². The fraction of sp³-hybridized carbons (Fsp3) is 0.917. The fourth-order valence-corrected chi connectivity index (χ4v) is 4.00. The second kappa shape index (κ2) is 6.02. The Morgan fingerprint density at radius 1 is 1.14 bits per heavy atom. The van der Waals surface area contributed by atoms with Crippen molar-refractivity contribution in [3.63, 3.8) is 0 Å². The average Bonchev–Trinajstić information content (AvgIpc) is 2.37. The summed E-state index contributed by atoms with van der Waals surface area (Å²) in [6.07, 6.45) is -3.24. The van der Waals surface area contributed by atoms with Crippen molar-refractivity contribution in [3.05, 3.63) is 0 Å². The number of urea groups is 1. The molecule has 0 aromatic carbocycles. The molecule has 1 saturated carbocycles. The number of carbonyl (C=O) groups is 1. The Morgan fingerprint density at radius 2 is 1.76 bits per heavy atom. The lowest BCUT2D eigenvalue weighted by atomic mass is 9.85. The molecule has 1 aliphatic carbocycles. The van der Waals surface area contributed by atoms with Gasteiger partial charge in [0.05, 0.1) is 17.4 Å². The molecule has 2 atom stereocenters. The van der Waals surface area contributed by atoms with Gasteiger partial charge in [-0.1, -0.05) is 6.42 Å². The maximum absolute atomic E-state index is 12.7. The van der Waals surface area contributed by atoms with Crippen LogP contribution in [0.3, 0.4) is 0 Å². The molecule has 0 aromatic rings. The lowest BCUT2D eigenvalue weighted by molar-refractivity contribution is -0.183. The summed E-state index contributed by atoms with van der Waals surface area (Å²) < 4.78 is 60.7. The van der Waals surface area contributed by atoms with Crippen molar-refractivity contribution >= 4 is 15.9 Å². The molecule has 5 nitrogen and oxygen atoms in total. The van der Waals surface area contributed by atoms with Gasteiger partial charge in [-0.05, 0) is 19.3 Å². The summed E-state index contributed by atoms with van der Waals surface area (Å²) in [5.41, 5.74) is 0. The number of alkyl halides is 3. The summed E-state index contributed by atoms with van der Waals surface area (Å²) in [6, 6.07) is -0.950. The molecule has 1 aliphatic heterocycles. The van der Waals surface area contributed by atoms with Crippen LogP contribution in [0.4, 0.5) is 18.0 Å². The predicted octanol–water partition coefficient (Wildman–Crippen LogP) is 1.55. The van der Waals surface area contributed by atoms with E-state index in [1.165, 1.54) is 4.90 Å². The molecule has 1 N–H and O–H groups in total. The maximum Gasteiger partial charge on any atom is 0.391 e. The Balaban J connectivity index is 1.85. The quantitative estimate of drug-likeness (QED) is 0.794. The van der Waals surface area contributed by atoms with E-state index in [1.54, 1.807) is 0 Å². The number of hydrogen-bond acceptors (Lipinski definition) is 3. The van der Waals surface area contributed by atoms with Crippen LogP contribution in [-0.2, 0) is 9.84 Å². The molecule has 2 fully saturated rings. The largest absolute Gasteiger partial charge is 0.391 e. The van der Waals surface area contributed by atoms with Crippen LogP contribution in [0.5, 0.6) is 0 Å². The van der Waals surface area contributed by atoms with Gasteiger partial charge in [-0.15, -0.1) is 0 Å². The van der Waals surface area contributed by atoms with Gasteiger partial charge in [0.25, 0.3) is 0 Å². The number of halogens is 3. The van der Waals surface area contributed by atoms with Gasteiger partial charge in [-0.3, -0.25) is 0 Å². The van der Waals surface area contributed by atoms with E-state index in [0.29, 0.717) is 12.8 Å². The summed E-state index contributed by atoms with van der Waals surface area (Å²) in [5, 5.41) is 2.61. The molecule has 2 aliphatic rings. The first-order chi connectivity index (χ1) is 9.67. The smallest absolute Gasteiger partial charge is 0.335 e. The van der Waals surface area contributed by atoms with E-state index < -0.39 is 34.0 Å². The Labute approximate surface area is 121 Å². The molecule has 0 radical (unpaired) electrons. The molecule has 9 heteroatoms. The third-order valence-electron chi connectivity index (χ3n) is 4.10. The monoisotopic (exact) mass is 328 g/mol. The lowest BCUT2D eigenvalue weighted by Crippen LogP contribution is -2.51. The second-order valence-electron chi connectivity index (χ2n) is 5.69. The molecular formula is C12H19F3N2O3S. The van der Waals surface area contributed by atoms with Gasteiger partial charge in [0.1, 0.15) is 0 Å². The van der Waals surface area contributed by atoms with E-state index in [0.717, 1.165) is 0 Å². The minimum atomic E-state index is -4.22. The summed E-state index contributed by atoms with van der Waals surface area (Å²) in [7, 11) is -3.08. The van der Waals surface area contributed by atoms with Gasteiger partial charge in [-0.2, -0.15) is 13.2 Å². The Bertz CT molecular complexity index is 478. The number of nitrogens with one attached hydrogen (secondary N) is 1. The van der Waals surface area contributed by atoms with Crippen LogP contribution < -0.4 is 5.32 Å². The van der Waals surface area contributed by atoms with Gasteiger partial charge in [0, 0.05) is 19.1 Å². The van der Waals surface area contributed by atoms with Crippen LogP contribution >= 0.6 is 0 Å². The first-order valence-corrected chi connectivity index (χ1v) is 8.82. The van der Waals surface area contributed by atoms with Gasteiger partial charge in [0.15, 0.2) is 9.84 Å². The zero-order chi connectivity index (χ0) is 15.7. The number of sulfone groups is 1. The summed E-state index contributed by atoms with van der Waals surface area (Å²) >= 11 is 0. The molecule has 2 amide bonds. The highest BCUT2D eigenvalue weighted by molar-refractivity contribution is 7.91. The minimum Gasteiger partial charge on any atom is -0.335 e. The third kappa shape index (κ3) is 4.49. The molecule has 0 unspecified atom stereocenters. The molecule has 1 heterocycles. The zero-order valence-corrected chi connectivity index (χ0v) is 12.3. The third-order valence-corrected chi connectivity index (χ3v) is 5.71. The van der Waals surface area contributed by atoms with Crippen LogP contribution in [0.2, 0.25) is 0 Å². The van der Waals surface area contributed by atoms with Crippen molar-refractivity contribution < 1.29 is 26.4 Å². The van der Waals surface area contributed by atoms with Crippen LogP contribution in [0.15, 0.2) is 0 Å². The number of amides is 2. The second-order valence-corrected chi connectivity index (χ2v) is 7.99. The van der Waals surface area contributed by atoms with Gasteiger partial charge in [0.2, 0.25) is 0 Å². The van der Waals surface area contributed by atoms with E-state index in [1.807, 2.05) is 0 Å². The first kappa shape index (κ1) is 16.4. The number of rotatable bonds is 1. The predicted molar refractivity (Wildman–Crippen MR) is 70.6 cm³/mol. The number of nitrogens with zero attached hydrogens (tertiary/aromatic N) is 1. The van der Waals surface area contributed by atoms with Crippen molar-refractivity contribution in [2.45, 2.75) is 37.9 Å². The highest BCUT2D eigenvalue weighted by Gasteiger charge is 2.42. The normalized spacial score (nSPS) is 30.0. The van der Waals surface area contributed by atoms with E-state index in [-0.39, 0.29) is 37.4 Å². The lowest BCUT2D eigenvalue weighted by Gasteiger charge is -2.33. The molecule has 0 bridgehead atoms. The van der Waals surface area contributed by atoms with Gasteiger partial charge >= 0.3 is 12.2 Å². The molecule has 21 heavy (non-hydrogen) atoms. The highest BCUT2D eigenvalue weighted by atomic mass is 32.2. The molecule has 0 aromatic heterocycles. The topological polar surface area (TPSA) is 66.5 Å². The van der Waals surface area contributed by atoms with Crippen LogP contribution in [-0.4, -0.2) is 56.2 Å². The van der Waals surface area contributed by atoms with Crippen molar-refractivity contribution in [1.29, 1.82) is 0 Å². The van der Waals surface area contributed by atoms with Crippen LogP contribution in [0.25, 0.3) is 0 Å². The van der Waals surface area contributed by atoms with Crippen molar-refractivity contribution in [2.75, 3.05) is 24.6 Å². The van der Waals surface area contributed by atoms with Crippen molar-refractivity contribution in [1.82, 2.24) is 10.2 Å². The standard InChI is InChI=1S/C12H19F3N2O3S/c13-12(14,15)9-2-1-3-10(8-9)16-11(18)17-4-6-21(19,20)7-5-17/h9-10H,1-8H2,(H,16,18)/t9-,10-/m0/s1. The molecular weight excluding hydrogens is 309 g/mol. The Hall–Kier alpha value is -0.990. The minimum absolute atomic E-state index is 0.0870. The zero-order valence-electron chi connectivity index (χ0n) is 11.5. The van der Waals surface area contributed by atoms with E-state index in [4.69, 9.17) is 0 Å². The Kier molecular flexibility index (Phi) is 4.69. The summed E-state index contributed by atoms with van der Waals surface area (Å²) in [5.74, 6) is -1.54. The highest BCUT2D eigenvalue weighted by Crippen LogP contribution is 2.37. The van der Waals surface area contributed by atoms with Crippen LogP contribution in [0.1, 0.15) is 25.7 Å². The molecule has 0 spiro atoms. The summed E-state index contributed by atoms with van der Waals surface area (Å²) in [6.45, 7) is 0.202. The van der Waals surface area contributed by atoms with Gasteiger partial charge < -0.3 is 10.2 Å². The van der Waals surface area contributed by atoms with E-state index in [9.17, 15) is 26.4 Å². The Morgan fingerprint density at radius 3 is 2.33 bits per heavy atom.